The van der Waals surface area contributed by atoms with E-state index in [0.29, 0.717) is 30.3 Å². The first kappa shape index (κ1) is 12.8. The molecule has 19 heavy (non-hydrogen) atoms. The van der Waals surface area contributed by atoms with Crippen LogP contribution in [0.3, 0.4) is 0 Å². The van der Waals surface area contributed by atoms with Gasteiger partial charge >= 0.3 is 0 Å². The van der Waals surface area contributed by atoms with Crippen molar-refractivity contribution in [3.05, 3.63) is 23.8 Å². The summed E-state index contributed by atoms with van der Waals surface area (Å²) < 4.78 is 11.1. The van der Waals surface area contributed by atoms with E-state index in [1.54, 1.807) is 6.07 Å². The van der Waals surface area contributed by atoms with E-state index >= 15 is 0 Å². The number of alkyl halides is 1. The van der Waals surface area contributed by atoms with Crippen LogP contribution in [0.25, 0.3) is 0 Å². The van der Waals surface area contributed by atoms with E-state index in [2.05, 4.69) is 21.2 Å². The molecule has 1 aromatic carbocycles. The average Bonchev–Trinajstić information content (AvgIpc) is 2.42. The van der Waals surface area contributed by atoms with E-state index in [0.717, 1.165) is 18.2 Å². The topological polar surface area (TPSA) is 47.6 Å². The number of hydrogen-bond acceptors (Lipinski definition) is 3. The van der Waals surface area contributed by atoms with Gasteiger partial charge < -0.3 is 14.8 Å². The van der Waals surface area contributed by atoms with Gasteiger partial charge in [0.25, 0.3) is 5.91 Å². The first-order valence-electron chi connectivity index (χ1n) is 6.51. The third kappa shape index (κ3) is 2.31. The SMILES string of the molecule is O=C(NC1(CBr)CCC1)c1cccc2c1OCCO2. The van der Waals surface area contributed by atoms with Gasteiger partial charge in [0.2, 0.25) is 0 Å². The average molecular weight is 326 g/mol. The fourth-order valence-electron chi connectivity index (χ4n) is 2.46. The zero-order valence-electron chi connectivity index (χ0n) is 10.6. The summed E-state index contributed by atoms with van der Waals surface area (Å²) in [5.41, 5.74) is 0.472. The minimum atomic E-state index is -0.0880. The molecule has 5 heteroatoms. The van der Waals surface area contributed by atoms with Crippen molar-refractivity contribution in [1.82, 2.24) is 5.32 Å². The van der Waals surface area contributed by atoms with Crippen LogP contribution in [0.4, 0.5) is 0 Å². The molecule has 1 fully saturated rings. The summed E-state index contributed by atoms with van der Waals surface area (Å²) in [6.45, 7) is 1.02. The molecule has 3 rings (SSSR count). The van der Waals surface area contributed by atoms with E-state index in [4.69, 9.17) is 9.47 Å². The van der Waals surface area contributed by atoms with E-state index in [1.165, 1.54) is 6.42 Å². The van der Waals surface area contributed by atoms with Crippen LogP contribution in [0.5, 0.6) is 11.5 Å². The third-order valence-corrected chi connectivity index (χ3v) is 4.83. The van der Waals surface area contributed by atoms with E-state index in [-0.39, 0.29) is 11.4 Å². The lowest BCUT2D eigenvalue weighted by atomic mass is 9.78. The third-order valence-electron chi connectivity index (χ3n) is 3.76. The number of halogens is 1. The standard InChI is InChI=1S/C14H16BrNO3/c15-9-14(5-2-6-14)16-13(17)10-3-1-4-11-12(10)19-8-7-18-11/h1,3-4H,2,5-9H2,(H,16,17). The van der Waals surface area contributed by atoms with Gasteiger partial charge in [0.05, 0.1) is 11.1 Å². The van der Waals surface area contributed by atoms with Crippen molar-refractivity contribution in [2.24, 2.45) is 0 Å². The van der Waals surface area contributed by atoms with Crippen LogP contribution < -0.4 is 14.8 Å². The number of carbonyl (C=O) groups excluding carboxylic acids is 1. The highest BCUT2D eigenvalue weighted by molar-refractivity contribution is 9.09. The fourth-order valence-corrected chi connectivity index (χ4v) is 3.16. The lowest BCUT2D eigenvalue weighted by molar-refractivity contribution is 0.0846. The number of amides is 1. The fraction of sp³-hybridized carbons (Fsp3) is 0.500. The van der Waals surface area contributed by atoms with Gasteiger partial charge in [-0.1, -0.05) is 22.0 Å². The lowest BCUT2D eigenvalue weighted by Crippen LogP contribution is -2.54. The van der Waals surface area contributed by atoms with Gasteiger partial charge in [-0.3, -0.25) is 4.79 Å². The first-order valence-corrected chi connectivity index (χ1v) is 7.63. The van der Waals surface area contributed by atoms with Crippen molar-refractivity contribution < 1.29 is 14.3 Å². The molecular weight excluding hydrogens is 310 g/mol. The largest absolute Gasteiger partial charge is 0.486 e. The van der Waals surface area contributed by atoms with Crippen LogP contribution in [0, 0.1) is 0 Å². The number of nitrogens with one attached hydrogen (secondary N) is 1. The molecular formula is C14H16BrNO3. The molecule has 0 saturated heterocycles. The quantitative estimate of drug-likeness (QED) is 0.868. The molecule has 102 valence electrons. The second kappa shape index (κ2) is 5.04. The normalized spacial score (nSPS) is 19.4. The Morgan fingerprint density at radius 2 is 2.11 bits per heavy atom. The smallest absolute Gasteiger partial charge is 0.255 e. The Hall–Kier alpha value is -1.23. The molecule has 0 radical (unpaired) electrons. The second-order valence-corrected chi connectivity index (χ2v) is 5.61. The van der Waals surface area contributed by atoms with Crippen LogP contribution in [0.1, 0.15) is 29.6 Å². The number of hydrogen-bond donors (Lipinski definition) is 1. The molecule has 1 saturated carbocycles. The maximum Gasteiger partial charge on any atom is 0.255 e. The second-order valence-electron chi connectivity index (χ2n) is 5.05. The van der Waals surface area contributed by atoms with Crippen molar-refractivity contribution in [2.75, 3.05) is 18.5 Å². The zero-order valence-corrected chi connectivity index (χ0v) is 12.2. The molecule has 1 N–H and O–H groups in total. The molecule has 1 aliphatic heterocycles. The highest BCUT2D eigenvalue weighted by Crippen LogP contribution is 2.36. The highest BCUT2D eigenvalue weighted by Gasteiger charge is 2.38. The van der Waals surface area contributed by atoms with E-state index < -0.39 is 0 Å². The molecule has 1 amide bonds. The monoisotopic (exact) mass is 325 g/mol. The number of para-hydroxylation sites is 1. The molecule has 1 heterocycles. The summed E-state index contributed by atoms with van der Waals surface area (Å²) in [6.07, 6.45) is 3.21. The Morgan fingerprint density at radius 1 is 1.32 bits per heavy atom. The zero-order chi connectivity index (χ0) is 13.3. The summed E-state index contributed by atoms with van der Waals surface area (Å²) in [4.78, 5) is 12.4. The summed E-state index contributed by atoms with van der Waals surface area (Å²) in [6, 6.07) is 5.43. The Morgan fingerprint density at radius 3 is 2.79 bits per heavy atom. The van der Waals surface area contributed by atoms with E-state index in [1.807, 2.05) is 12.1 Å². The summed E-state index contributed by atoms with van der Waals surface area (Å²) in [5.74, 6) is 1.14. The van der Waals surface area contributed by atoms with Crippen molar-refractivity contribution in [2.45, 2.75) is 24.8 Å². The molecule has 0 aromatic heterocycles. The van der Waals surface area contributed by atoms with Gasteiger partial charge in [-0.2, -0.15) is 0 Å². The number of rotatable bonds is 3. The van der Waals surface area contributed by atoms with Crippen LogP contribution in [-0.4, -0.2) is 30.0 Å². The van der Waals surface area contributed by atoms with Crippen molar-refractivity contribution in [3.8, 4) is 11.5 Å². The maximum absolute atomic E-state index is 12.4. The minimum Gasteiger partial charge on any atom is -0.486 e. The maximum atomic E-state index is 12.4. The highest BCUT2D eigenvalue weighted by atomic mass is 79.9. The Balaban J connectivity index is 1.84. The van der Waals surface area contributed by atoms with Crippen molar-refractivity contribution in [3.63, 3.8) is 0 Å². The molecule has 2 aliphatic rings. The van der Waals surface area contributed by atoms with Crippen LogP contribution in [-0.2, 0) is 0 Å². The van der Waals surface area contributed by atoms with Gasteiger partial charge in [-0.25, -0.2) is 0 Å². The van der Waals surface area contributed by atoms with Gasteiger partial charge in [0.1, 0.15) is 13.2 Å². The van der Waals surface area contributed by atoms with E-state index in [9.17, 15) is 4.79 Å². The van der Waals surface area contributed by atoms with Crippen LogP contribution in [0.2, 0.25) is 0 Å². The van der Waals surface area contributed by atoms with Gasteiger partial charge in [0.15, 0.2) is 11.5 Å². The molecule has 1 aliphatic carbocycles. The number of fused-ring (bicyclic) bond motifs is 1. The Bertz CT molecular complexity index is 494. The molecule has 0 atom stereocenters. The predicted octanol–water partition coefficient (Wildman–Crippen LogP) is 2.51. The summed E-state index contributed by atoms with van der Waals surface area (Å²) in [7, 11) is 0. The molecule has 0 bridgehead atoms. The predicted molar refractivity (Wildman–Crippen MR) is 75.3 cm³/mol. The first-order chi connectivity index (χ1) is 9.24. The lowest BCUT2D eigenvalue weighted by Gasteiger charge is -2.41. The number of carbonyl (C=O) groups is 1. The summed E-state index contributed by atoms with van der Waals surface area (Å²) in [5, 5.41) is 3.91. The number of benzene rings is 1. The van der Waals surface area contributed by atoms with Gasteiger partial charge in [-0.15, -0.1) is 0 Å². The Kier molecular flexibility index (Phi) is 3.39. The Labute approximate surface area is 120 Å². The molecule has 1 aromatic rings. The molecule has 0 spiro atoms. The van der Waals surface area contributed by atoms with Gasteiger partial charge in [0, 0.05) is 5.33 Å². The van der Waals surface area contributed by atoms with Crippen LogP contribution in [0.15, 0.2) is 18.2 Å². The van der Waals surface area contributed by atoms with Crippen molar-refractivity contribution in [1.29, 1.82) is 0 Å². The van der Waals surface area contributed by atoms with Crippen LogP contribution >= 0.6 is 15.9 Å². The minimum absolute atomic E-state index is 0.0819. The summed E-state index contributed by atoms with van der Waals surface area (Å²) >= 11 is 3.49. The van der Waals surface area contributed by atoms with Crippen molar-refractivity contribution >= 4 is 21.8 Å². The van der Waals surface area contributed by atoms with Gasteiger partial charge in [-0.05, 0) is 31.4 Å². The number of ether oxygens (including phenoxy) is 2. The molecule has 4 nitrogen and oxygen atoms in total. The molecule has 0 unspecified atom stereocenters.